The van der Waals surface area contributed by atoms with E-state index in [-0.39, 0.29) is 6.54 Å². The number of rotatable bonds is 4. The molecule has 1 N–H and O–H groups in total. The Balaban J connectivity index is 2.19. The first kappa shape index (κ1) is 13.5. The molecule has 0 aromatic heterocycles. The van der Waals surface area contributed by atoms with Crippen LogP contribution in [0.3, 0.4) is 0 Å². The first-order chi connectivity index (χ1) is 8.54. The third-order valence-corrected chi connectivity index (χ3v) is 5.11. The maximum atomic E-state index is 12.3. The fourth-order valence-electron chi connectivity index (χ4n) is 2.19. The second-order valence-corrected chi connectivity index (χ2v) is 6.64. The number of nitrogens with zero attached hydrogens (tertiary/aromatic N) is 1. The zero-order valence-electron chi connectivity index (χ0n) is 10.5. The van der Waals surface area contributed by atoms with Gasteiger partial charge < -0.3 is 5.11 Å². The van der Waals surface area contributed by atoms with Gasteiger partial charge in [0.05, 0.1) is 11.0 Å². The van der Waals surface area contributed by atoms with E-state index in [9.17, 15) is 13.5 Å². The predicted octanol–water partition coefficient (Wildman–Crippen LogP) is 1.39. The van der Waals surface area contributed by atoms with Crippen molar-refractivity contribution in [3.05, 3.63) is 29.8 Å². The fraction of sp³-hybridized carbons (Fsp3) is 0.538. The summed E-state index contributed by atoms with van der Waals surface area (Å²) in [7, 11) is -3.43. The van der Waals surface area contributed by atoms with E-state index in [0.29, 0.717) is 17.9 Å². The first-order valence-electron chi connectivity index (χ1n) is 6.31. The monoisotopic (exact) mass is 269 g/mol. The van der Waals surface area contributed by atoms with Crippen LogP contribution in [-0.4, -0.2) is 37.0 Å². The van der Waals surface area contributed by atoms with Gasteiger partial charge in [-0.2, -0.15) is 4.31 Å². The Morgan fingerprint density at radius 3 is 2.50 bits per heavy atom. The number of aryl methyl sites for hydroxylation is 1. The minimum absolute atomic E-state index is 0.207. The summed E-state index contributed by atoms with van der Waals surface area (Å²) in [5.41, 5.74) is 1.15. The van der Waals surface area contributed by atoms with Gasteiger partial charge in [-0.05, 0) is 30.5 Å². The van der Waals surface area contributed by atoms with Crippen molar-refractivity contribution in [2.24, 2.45) is 0 Å². The molecule has 0 unspecified atom stereocenters. The van der Waals surface area contributed by atoms with Crippen molar-refractivity contribution >= 4 is 10.0 Å². The van der Waals surface area contributed by atoms with Gasteiger partial charge in [0.25, 0.3) is 0 Å². The standard InChI is InChI=1S/C13H19NO3S/c1-2-3-11-4-6-13(7-5-11)18(16,17)14-9-8-12(15)10-14/h4-7,12,15H,2-3,8-10H2,1H3/t12-/m1/s1. The second kappa shape index (κ2) is 5.38. The van der Waals surface area contributed by atoms with E-state index in [1.165, 1.54) is 4.31 Å². The van der Waals surface area contributed by atoms with Gasteiger partial charge >= 0.3 is 0 Å². The third-order valence-electron chi connectivity index (χ3n) is 3.23. The molecule has 1 aromatic rings. The van der Waals surface area contributed by atoms with Gasteiger partial charge in [0.2, 0.25) is 10.0 Å². The molecule has 0 spiro atoms. The number of hydrogen-bond acceptors (Lipinski definition) is 3. The lowest BCUT2D eigenvalue weighted by Gasteiger charge is -2.15. The number of sulfonamides is 1. The Morgan fingerprint density at radius 1 is 1.33 bits per heavy atom. The summed E-state index contributed by atoms with van der Waals surface area (Å²) in [6.07, 6.45) is 2.00. The minimum atomic E-state index is -3.43. The lowest BCUT2D eigenvalue weighted by Crippen LogP contribution is -2.29. The third kappa shape index (κ3) is 2.74. The molecule has 1 heterocycles. The lowest BCUT2D eigenvalue weighted by molar-refractivity contribution is 0.189. The van der Waals surface area contributed by atoms with E-state index in [4.69, 9.17) is 0 Å². The van der Waals surface area contributed by atoms with Crippen LogP contribution in [-0.2, 0) is 16.4 Å². The highest BCUT2D eigenvalue weighted by Gasteiger charge is 2.31. The van der Waals surface area contributed by atoms with Crippen LogP contribution in [0.15, 0.2) is 29.2 Å². The number of hydrogen-bond donors (Lipinski definition) is 1. The number of aliphatic hydroxyl groups excluding tert-OH is 1. The summed E-state index contributed by atoms with van der Waals surface area (Å²) >= 11 is 0. The molecule has 0 amide bonds. The van der Waals surface area contributed by atoms with Crippen molar-refractivity contribution in [3.63, 3.8) is 0 Å². The zero-order valence-corrected chi connectivity index (χ0v) is 11.4. The minimum Gasteiger partial charge on any atom is -0.392 e. The van der Waals surface area contributed by atoms with E-state index >= 15 is 0 Å². The molecular weight excluding hydrogens is 250 g/mol. The second-order valence-electron chi connectivity index (χ2n) is 4.70. The SMILES string of the molecule is CCCc1ccc(S(=O)(=O)N2CC[C@@H](O)C2)cc1. The smallest absolute Gasteiger partial charge is 0.243 e. The molecule has 5 heteroatoms. The normalized spacial score (nSPS) is 21.3. The molecule has 1 saturated heterocycles. The van der Waals surface area contributed by atoms with Crippen molar-refractivity contribution in [1.82, 2.24) is 4.31 Å². The van der Waals surface area contributed by atoms with E-state index in [2.05, 4.69) is 6.92 Å². The zero-order chi connectivity index (χ0) is 13.2. The molecule has 1 atom stereocenters. The maximum absolute atomic E-state index is 12.3. The summed E-state index contributed by atoms with van der Waals surface area (Å²) in [6, 6.07) is 7.04. The van der Waals surface area contributed by atoms with Crippen molar-refractivity contribution < 1.29 is 13.5 Å². The van der Waals surface area contributed by atoms with Crippen LogP contribution in [0, 0.1) is 0 Å². The van der Waals surface area contributed by atoms with Crippen molar-refractivity contribution in [2.75, 3.05) is 13.1 Å². The van der Waals surface area contributed by atoms with Crippen LogP contribution in [0.5, 0.6) is 0 Å². The van der Waals surface area contributed by atoms with E-state index in [1.54, 1.807) is 12.1 Å². The molecule has 1 aliphatic rings. The van der Waals surface area contributed by atoms with Gasteiger partial charge in [-0.1, -0.05) is 25.5 Å². The van der Waals surface area contributed by atoms with Crippen molar-refractivity contribution in [3.8, 4) is 0 Å². The molecule has 1 aromatic carbocycles. The molecule has 4 nitrogen and oxygen atoms in total. The molecule has 0 bridgehead atoms. The first-order valence-corrected chi connectivity index (χ1v) is 7.75. The van der Waals surface area contributed by atoms with Gasteiger partial charge in [-0.15, -0.1) is 0 Å². The van der Waals surface area contributed by atoms with Crippen LogP contribution in [0.2, 0.25) is 0 Å². The van der Waals surface area contributed by atoms with Crippen molar-refractivity contribution in [2.45, 2.75) is 37.2 Å². The molecule has 1 fully saturated rings. The lowest BCUT2D eigenvalue weighted by atomic mass is 10.1. The number of β-amino-alcohol motifs (C(OH)–C–C–N with tert-alkyl or cyclic N) is 1. The summed E-state index contributed by atoms with van der Waals surface area (Å²) in [6.45, 7) is 2.70. The van der Waals surface area contributed by atoms with Crippen LogP contribution < -0.4 is 0 Å². The summed E-state index contributed by atoms with van der Waals surface area (Å²) in [5, 5.41) is 9.42. The van der Waals surface area contributed by atoms with Crippen LogP contribution in [0.4, 0.5) is 0 Å². The Hall–Kier alpha value is -0.910. The highest BCUT2D eigenvalue weighted by Crippen LogP contribution is 2.21. The molecule has 18 heavy (non-hydrogen) atoms. The van der Waals surface area contributed by atoms with Crippen LogP contribution in [0.25, 0.3) is 0 Å². The average molecular weight is 269 g/mol. The number of benzene rings is 1. The Kier molecular flexibility index (Phi) is 4.04. The molecule has 0 radical (unpaired) electrons. The number of aliphatic hydroxyl groups is 1. The van der Waals surface area contributed by atoms with E-state index in [1.807, 2.05) is 12.1 Å². The van der Waals surface area contributed by atoms with Crippen LogP contribution >= 0.6 is 0 Å². The molecule has 0 saturated carbocycles. The Labute approximate surface area is 108 Å². The van der Waals surface area contributed by atoms with Crippen LogP contribution in [0.1, 0.15) is 25.3 Å². The quantitative estimate of drug-likeness (QED) is 0.898. The summed E-state index contributed by atoms with van der Waals surface area (Å²) < 4.78 is 25.9. The molecule has 100 valence electrons. The van der Waals surface area contributed by atoms with Gasteiger partial charge in [-0.3, -0.25) is 0 Å². The topological polar surface area (TPSA) is 57.6 Å². The summed E-state index contributed by atoms with van der Waals surface area (Å²) in [4.78, 5) is 0.316. The summed E-state index contributed by atoms with van der Waals surface area (Å²) in [5.74, 6) is 0. The highest BCUT2D eigenvalue weighted by atomic mass is 32.2. The van der Waals surface area contributed by atoms with Gasteiger partial charge in [0.15, 0.2) is 0 Å². The maximum Gasteiger partial charge on any atom is 0.243 e. The van der Waals surface area contributed by atoms with Gasteiger partial charge in [0.1, 0.15) is 0 Å². The Bertz CT molecular complexity index is 495. The average Bonchev–Trinajstić information content (AvgIpc) is 2.78. The molecule has 0 aliphatic carbocycles. The van der Waals surface area contributed by atoms with Crippen molar-refractivity contribution in [1.29, 1.82) is 0 Å². The molecule has 1 aliphatic heterocycles. The van der Waals surface area contributed by atoms with E-state index < -0.39 is 16.1 Å². The van der Waals surface area contributed by atoms with E-state index in [0.717, 1.165) is 18.4 Å². The largest absolute Gasteiger partial charge is 0.392 e. The fourth-order valence-corrected chi connectivity index (χ4v) is 3.69. The van der Waals surface area contributed by atoms with Gasteiger partial charge in [0, 0.05) is 13.1 Å². The van der Waals surface area contributed by atoms with Gasteiger partial charge in [-0.25, -0.2) is 8.42 Å². The predicted molar refractivity (Wildman–Crippen MR) is 69.8 cm³/mol. The molecular formula is C13H19NO3S. The Morgan fingerprint density at radius 2 is 2.00 bits per heavy atom. The highest BCUT2D eigenvalue weighted by molar-refractivity contribution is 7.89. The molecule has 2 rings (SSSR count).